The second-order valence-corrected chi connectivity index (χ2v) is 7.16. The second-order valence-electron chi connectivity index (χ2n) is 6.75. The fourth-order valence-electron chi connectivity index (χ4n) is 2.93. The van der Waals surface area contributed by atoms with Crippen molar-refractivity contribution in [1.82, 2.24) is 16.0 Å². The minimum Gasteiger partial charge on any atom is -0.496 e. The number of nitrogens with one attached hydrogen (secondary N) is 3. The van der Waals surface area contributed by atoms with Crippen LogP contribution < -0.4 is 25.8 Å². The molecule has 0 aliphatic rings. The molecule has 34 heavy (non-hydrogen) atoms. The van der Waals surface area contributed by atoms with Crippen molar-refractivity contribution in [2.24, 2.45) is 0 Å². The summed E-state index contributed by atoms with van der Waals surface area (Å²) in [4.78, 5) is 27.1. The van der Waals surface area contributed by atoms with Gasteiger partial charge in [0.1, 0.15) is 22.9 Å². The van der Waals surface area contributed by atoms with Crippen molar-refractivity contribution in [1.29, 1.82) is 0 Å². The Balaban J connectivity index is 1.91. The van der Waals surface area contributed by atoms with Crippen LogP contribution in [0.2, 0.25) is 5.02 Å². The molecule has 3 N–H and O–H groups in total. The van der Waals surface area contributed by atoms with Crippen molar-refractivity contribution in [3.63, 3.8) is 0 Å². The highest BCUT2D eigenvalue weighted by Crippen LogP contribution is 2.41. The number of nitrogens with zero attached hydrogens (tertiary/aromatic N) is 1. The number of methoxy groups -OCH3 is 1. The summed E-state index contributed by atoms with van der Waals surface area (Å²) >= 11 is 6.25. The average Bonchev–Trinajstić information content (AvgIpc) is 2.79. The topological polar surface area (TPSA) is 113 Å². The molecular weight excluding hydrogens is 477 g/mol. The van der Waals surface area contributed by atoms with Crippen LogP contribution in [0.3, 0.4) is 0 Å². The molecule has 8 nitrogen and oxygen atoms in total. The van der Waals surface area contributed by atoms with Crippen molar-refractivity contribution in [2.75, 3.05) is 19.5 Å². The van der Waals surface area contributed by atoms with E-state index >= 15 is 0 Å². The van der Waals surface area contributed by atoms with Gasteiger partial charge in [-0.3, -0.25) is 20.3 Å². The highest BCUT2D eigenvalue weighted by atomic mass is 35.5. The van der Waals surface area contributed by atoms with Gasteiger partial charge in [-0.2, -0.15) is 13.2 Å². The van der Waals surface area contributed by atoms with Gasteiger partial charge in [0.15, 0.2) is 0 Å². The summed E-state index contributed by atoms with van der Waals surface area (Å²) in [6, 6.07) is 8.65. The zero-order valence-corrected chi connectivity index (χ0v) is 18.5. The number of hydrogen-bond acceptors (Lipinski definition) is 6. The molecule has 2 aromatic carbocycles. The standard InChI is InChI=1S/C22H17ClF3N4O4/c1-28-21(32)17-8-12(5-6-29-17)34-18-4-3-11(7-15(18)23)30-16-10-19(33-2)13(20(27)31)9-14(16)22(24,25)26/h3-10,27,30H,1-2H3,(H,28,32). The summed E-state index contributed by atoms with van der Waals surface area (Å²) in [6.07, 6.45) is -3.43. The predicted octanol–water partition coefficient (Wildman–Crippen LogP) is 5.08. The Morgan fingerprint density at radius 1 is 1.09 bits per heavy atom. The molecule has 3 aromatic rings. The van der Waals surface area contributed by atoms with Gasteiger partial charge in [0.25, 0.3) is 11.8 Å². The summed E-state index contributed by atoms with van der Waals surface area (Å²) < 4.78 is 51.4. The molecule has 0 aliphatic heterocycles. The molecule has 0 saturated heterocycles. The van der Waals surface area contributed by atoms with Crippen molar-refractivity contribution in [3.8, 4) is 17.2 Å². The Labute approximate surface area is 196 Å². The molecular formula is C22H17ClF3N4O4. The van der Waals surface area contributed by atoms with Crippen LogP contribution in [0.15, 0.2) is 48.7 Å². The molecule has 177 valence electrons. The number of alkyl halides is 3. The second kappa shape index (κ2) is 9.87. The van der Waals surface area contributed by atoms with Crippen LogP contribution >= 0.6 is 11.6 Å². The number of amides is 2. The van der Waals surface area contributed by atoms with E-state index in [2.05, 4.69) is 15.6 Å². The molecule has 12 heteroatoms. The molecule has 3 rings (SSSR count). The maximum Gasteiger partial charge on any atom is 0.418 e. The van der Waals surface area contributed by atoms with Gasteiger partial charge in [-0.25, -0.2) is 0 Å². The lowest BCUT2D eigenvalue weighted by molar-refractivity contribution is -0.136. The smallest absolute Gasteiger partial charge is 0.418 e. The van der Waals surface area contributed by atoms with E-state index in [1.54, 1.807) is 0 Å². The molecule has 0 unspecified atom stereocenters. The summed E-state index contributed by atoms with van der Waals surface area (Å²) in [5, 5.41) is 5.12. The molecule has 0 spiro atoms. The molecule has 0 aliphatic carbocycles. The molecule has 1 radical (unpaired) electrons. The first-order valence-corrected chi connectivity index (χ1v) is 9.89. The zero-order chi connectivity index (χ0) is 25.0. The first kappa shape index (κ1) is 24.6. The molecule has 0 fully saturated rings. The van der Waals surface area contributed by atoms with E-state index in [1.807, 2.05) is 0 Å². The number of carbonyl (C=O) groups is 2. The number of rotatable bonds is 7. The summed E-state index contributed by atoms with van der Waals surface area (Å²) in [5.74, 6) is -1.45. The number of benzene rings is 2. The third-order valence-corrected chi connectivity index (χ3v) is 4.81. The normalized spacial score (nSPS) is 11.0. The van der Waals surface area contributed by atoms with Crippen molar-refractivity contribution >= 4 is 34.8 Å². The Kier molecular flexibility index (Phi) is 7.16. The number of aromatic nitrogens is 1. The van der Waals surface area contributed by atoms with E-state index in [9.17, 15) is 22.8 Å². The average molecular weight is 494 g/mol. The predicted molar refractivity (Wildman–Crippen MR) is 118 cm³/mol. The van der Waals surface area contributed by atoms with Crippen LogP contribution in [0, 0.1) is 0 Å². The quantitative estimate of drug-likeness (QED) is 0.474. The number of pyridine rings is 1. The summed E-state index contributed by atoms with van der Waals surface area (Å²) in [5.41, 5.74) is 5.43. The third kappa shape index (κ3) is 5.49. The SMILES string of the molecule is CNC(=O)c1cc(Oc2ccc(Nc3cc(OC)c(C([NH])=O)cc3C(F)(F)F)cc2Cl)ccn1. The van der Waals surface area contributed by atoms with E-state index in [0.717, 1.165) is 6.07 Å². The number of anilines is 2. The first-order valence-electron chi connectivity index (χ1n) is 9.51. The van der Waals surface area contributed by atoms with E-state index in [0.29, 0.717) is 6.07 Å². The van der Waals surface area contributed by atoms with E-state index in [4.69, 9.17) is 26.8 Å². The molecule has 0 saturated carbocycles. The summed E-state index contributed by atoms with van der Waals surface area (Å²) in [6.45, 7) is 0. The van der Waals surface area contributed by atoms with E-state index < -0.39 is 34.8 Å². The van der Waals surface area contributed by atoms with Crippen LogP contribution in [0.5, 0.6) is 17.2 Å². The number of hydrogen-bond donors (Lipinski definition) is 2. The minimum absolute atomic E-state index is 0.0711. The monoisotopic (exact) mass is 493 g/mol. The Bertz CT molecular complexity index is 1250. The van der Waals surface area contributed by atoms with Crippen LogP contribution in [0.25, 0.3) is 0 Å². The van der Waals surface area contributed by atoms with Crippen LogP contribution in [-0.2, 0) is 6.18 Å². The zero-order valence-electron chi connectivity index (χ0n) is 17.7. The van der Waals surface area contributed by atoms with Gasteiger partial charge >= 0.3 is 6.18 Å². The lowest BCUT2D eigenvalue weighted by Crippen LogP contribution is -2.18. The fourth-order valence-corrected chi connectivity index (χ4v) is 3.15. The van der Waals surface area contributed by atoms with Crippen LogP contribution in [-0.4, -0.2) is 31.0 Å². The molecule has 1 aromatic heterocycles. The van der Waals surface area contributed by atoms with Gasteiger partial charge in [-0.15, -0.1) is 0 Å². The van der Waals surface area contributed by atoms with Crippen LogP contribution in [0.4, 0.5) is 24.5 Å². The van der Waals surface area contributed by atoms with Crippen molar-refractivity contribution in [3.05, 3.63) is 70.5 Å². The molecule has 0 atom stereocenters. The molecule has 1 heterocycles. The van der Waals surface area contributed by atoms with Gasteiger partial charge in [0.05, 0.1) is 28.9 Å². The largest absolute Gasteiger partial charge is 0.496 e. The van der Waals surface area contributed by atoms with E-state index in [1.165, 1.54) is 50.7 Å². The maximum absolute atomic E-state index is 13.6. The number of halogens is 4. The first-order chi connectivity index (χ1) is 16.0. The molecule has 2 amide bonds. The van der Waals surface area contributed by atoms with Crippen molar-refractivity contribution in [2.45, 2.75) is 6.18 Å². The highest BCUT2D eigenvalue weighted by molar-refractivity contribution is 6.32. The Morgan fingerprint density at radius 3 is 2.41 bits per heavy atom. The number of carbonyl (C=O) groups excluding carboxylic acids is 2. The van der Waals surface area contributed by atoms with Crippen molar-refractivity contribution < 1.29 is 32.2 Å². The van der Waals surface area contributed by atoms with Gasteiger partial charge < -0.3 is 20.1 Å². The van der Waals surface area contributed by atoms with Crippen LogP contribution in [0.1, 0.15) is 26.4 Å². The number of ether oxygens (including phenoxy) is 2. The summed E-state index contributed by atoms with van der Waals surface area (Å²) in [7, 11) is 2.63. The Morgan fingerprint density at radius 2 is 1.82 bits per heavy atom. The van der Waals surface area contributed by atoms with Gasteiger partial charge in [-0.05, 0) is 30.3 Å². The third-order valence-electron chi connectivity index (χ3n) is 4.52. The lowest BCUT2D eigenvalue weighted by atomic mass is 10.1. The maximum atomic E-state index is 13.6. The van der Waals surface area contributed by atoms with Gasteiger partial charge in [0.2, 0.25) is 0 Å². The van der Waals surface area contributed by atoms with E-state index in [-0.39, 0.29) is 33.7 Å². The van der Waals surface area contributed by atoms with Gasteiger partial charge in [0, 0.05) is 31.1 Å². The van der Waals surface area contributed by atoms with Gasteiger partial charge in [-0.1, -0.05) is 11.6 Å². The highest BCUT2D eigenvalue weighted by Gasteiger charge is 2.35. The molecule has 0 bridgehead atoms. The lowest BCUT2D eigenvalue weighted by Gasteiger charge is -2.18. The minimum atomic E-state index is -4.81. The fraction of sp³-hybridized carbons (Fsp3) is 0.136. The Hall–Kier alpha value is -3.99.